The van der Waals surface area contributed by atoms with Crippen LogP contribution in [-0.2, 0) is 0 Å². The second-order valence-corrected chi connectivity index (χ2v) is 3.99. The van der Waals surface area contributed by atoms with Gasteiger partial charge in [0.2, 0.25) is 11.0 Å². The van der Waals surface area contributed by atoms with E-state index in [4.69, 9.17) is 29.6 Å². The number of halogens is 1. The number of nitrogens with zero attached hydrogens (tertiary/aromatic N) is 4. The smallest absolute Gasteiger partial charge is 0.213 e. The Morgan fingerprint density at radius 2 is 2.43 bits per heavy atom. The van der Waals surface area contributed by atoms with Gasteiger partial charge in [-0.15, -0.1) is 16.4 Å². The van der Waals surface area contributed by atoms with Gasteiger partial charge in [-0.05, 0) is 0 Å². The monoisotopic (exact) mass is 245 g/mol. The van der Waals surface area contributed by atoms with E-state index in [9.17, 15) is 0 Å². The Kier molecular flexibility index (Phi) is 2.44. The lowest BCUT2D eigenvalue weighted by atomic mass is 10.6. The standard InChI is InChI=1S/C6H4ClN5S2/c7-3-1-14-6(10-3)12-2-9-5(11-12)4(8)13/h1-2H,(H2,8,13). The fraction of sp³-hybridized carbons (Fsp3) is 0. The largest absolute Gasteiger partial charge is 0.387 e. The molecule has 0 saturated heterocycles. The summed E-state index contributed by atoms with van der Waals surface area (Å²) in [4.78, 5) is 8.08. The maximum Gasteiger partial charge on any atom is 0.213 e. The molecule has 0 radical (unpaired) electrons. The van der Waals surface area contributed by atoms with Crippen LogP contribution in [0.3, 0.4) is 0 Å². The second kappa shape index (κ2) is 3.60. The van der Waals surface area contributed by atoms with Gasteiger partial charge in [-0.3, -0.25) is 0 Å². The van der Waals surface area contributed by atoms with Crippen LogP contribution in [0.15, 0.2) is 11.7 Å². The molecule has 72 valence electrons. The van der Waals surface area contributed by atoms with Crippen LogP contribution in [0.1, 0.15) is 5.82 Å². The molecule has 2 aromatic rings. The topological polar surface area (TPSA) is 69.6 Å². The zero-order chi connectivity index (χ0) is 10.1. The Balaban J connectivity index is 2.38. The van der Waals surface area contributed by atoms with Crippen molar-refractivity contribution in [1.82, 2.24) is 19.7 Å². The SMILES string of the molecule is NC(=S)c1ncn(-c2nc(Cl)cs2)n1. The lowest BCUT2D eigenvalue weighted by Gasteiger charge is -1.90. The Morgan fingerprint density at radius 3 is 2.93 bits per heavy atom. The number of aromatic nitrogens is 4. The van der Waals surface area contributed by atoms with Crippen LogP contribution in [-0.4, -0.2) is 24.7 Å². The molecule has 0 bridgehead atoms. The predicted octanol–water partition coefficient (Wildman–Crippen LogP) is 1.01. The number of hydrogen-bond donors (Lipinski definition) is 1. The molecule has 0 aliphatic heterocycles. The Morgan fingerprint density at radius 1 is 1.64 bits per heavy atom. The number of thiazole rings is 1. The zero-order valence-electron chi connectivity index (χ0n) is 6.72. The van der Waals surface area contributed by atoms with Gasteiger partial charge in [-0.2, -0.15) is 4.68 Å². The third-order valence-electron chi connectivity index (χ3n) is 1.37. The summed E-state index contributed by atoms with van der Waals surface area (Å²) < 4.78 is 1.48. The van der Waals surface area contributed by atoms with E-state index in [2.05, 4.69) is 15.1 Å². The highest BCUT2D eigenvalue weighted by Crippen LogP contribution is 2.16. The summed E-state index contributed by atoms with van der Waals surface area (Å²) in [5.74, 6) is 0.325. The fourth-order valence-corrected chi connectivity index (χ4v) is 1.78. The summed E-state index contributed by atoms with van der Waals surface area (Å²) in [6.07, 6.45) is 1.49. The lowest BCUT2D eigenvalue weighted by Crippen LogP contribution is -2.12. The van der Waals surface area contributed by atoms with E-state index in [-0.39, 0.29) is 4.99 Å². The van der Waals surface area contributed by atoms with E-state index in [0.29, 0.717) is 16.1 Å². The van der Waals surface area contributed by atoms with Gasteiger partial charge in [0.25, 0.3) is 0 Å². The molecule has 0 fully saturated rings. The first kappa shape index (κ1) is 9.50. The molecule has 0 aliphatic carbocycles. The van der Waals surface area contributed by atoms with Crippen molar-refractivity contribution >= 4 is 40.1 Å². The molecular weight excluding hydrogens is 242 g/mol. The van der Waals surface area contributed by atoms with E-state index in [1.54, 1.807) is 5.38 Å². The fourth-order valence-electron chi connectivity index (χ4n) is 0.819. The number of rotatable bonds is 2. The maximum absolute atomic E-state index is 5.67. The number of hydrogen-bond acceptors (Lipinski definition) is 5. The van der Waals surface area contributed by atoms with Crippen LogP contribution >= 0.6 is 35.2 Å². The average Bonchev–Trinajstić information content (AvgIpc) is 2.70. The van der Waals surface area contributed by atoms with Crippen molar-refractivity contribution in [3.05, 3.63) is 22.7 Å². The molecule has 2 aromatic heterocycles. The Bertz CT molecular complexity index is 476. The third-order valence-corrected chi connectivity index (χ3v) is 2.71. The Hall–Kier alpha value is -1.05. The van der Waals surface area contributed by atoms with Crippen molar-refractivity contribution in [2.24, 2.45) is 5.73 Å². The van der Waals surface area contributed by atoms with Crippen LogP contribution < -0.4 is 5.73 Å². The minimum absolute atomic E-state index is 0.159. The highest BCUT2D eigenvalue weighted by molar-refractivity contribution is 7.80. The molecule has 0 saturated carbocycles. The molecule has 2 N–H and O–H groups in total. The quantitative estimate of drug-likeness (QED) is 0.800. The average molecular weight is 246 g/mol. The van der Waals surface area contributed by atoms with Crippen molar-refractivity contribution in [1.29, 1.82) is 0 Å². The predicted molar refractivity (Wildman–Crippen MR) is 57.9 cm³/mol. The summed E-state index contributed by atoms with van der Waals surface area (Å²) in [6.45, 7) is 0. The van der Waals surface area contributed by atoms with Crippen molar-refractivity contribution in [3.8, 4) is 5.13 Å². The first-order valence-corrected chi connectivity index (χ1v) is 5.16. The minimum atomic E-state index is 0.159. The summed E-state index contributed by atoms with van der Waals surface area (Å²) in [5.41, 5.74) is 5.36. The molecule has 8 heteroatoms. The van der Waals surface area contributed by atoms with Crippen LogP contribution in [0, 0.1) is 0 Å². The van der Waals surface area contributed by atoms with E-state index in [1.165, 1.54) is 22.3 Å². The highest BCUT2D eigenvalue weighted by atomic mass is 35.5. The van der Waals surface area contributed by atoms with E-state index >= 15 is 0 Å². The van der Waals surface area contributed by atoms with Crippen molar-refractivity contribution in [3.63, 3.8) is 0 Å². The first-order chi connectivity index (χ1) is 6.66. The van der Waals surface area contributed by atoms with E-state index in [1.807, 2.05) is 0 Å². The molecule has 0 amide bonds. The van der Waals surface area contributed by atoms with E-state index in [0.717, 1.165) is 0 Å². The van der Waals surface area contributed by atoms with Crippen LogP contribution in [0.2, 0.25) is 5.15 Å². The molecule has 0 spiro atoms. The van der Waals surface area contributed by atoms with Gasteiger partial charge in [0.1, 0.15) is 16.5 Å². The van der Waals surface area contributed by atoms with Gasteiger partial charge in [-0.1, -0.05) is 23.8 Å². The molecule has 2 heterocycles. The van der Waals surface area contributed by atoms with E-state index < -0.39 is 0 Å². The van der Waals surface area contributed by atoms with Crippen molar-refractivity contribution < 1.29 is 0 Å². The molecule has 0 aliphatic rings. The van der Waals surface area contributed by atoms with Crippen LogP contribution in [0.5, 0.6) is 0 Å². The maximum atomic E-state index is 5.67. The number of thiocarbonyl (C=S) groups is 1. The van der Waals surface area contributed by atoms with Crippen LogP contribution in [0.4, 0.5) is 0 Å². The summed E-state index contributed by atoms with van der Waals surface area (Å²) in [6, 6.07) is 0. The van der Waals surface area contributed by atoms with Gasteiger partial charge < -0.3 is 5.73 Å². The van der Waals surface area contributed by atoms with Gasteiger partial charge >= 0.3 is 0 Å². The van der Waals surface area contributed by atoms with Gasteiger partial charge in [0.15, 0.2) is 0 Å². The molecule has 0 aromatic carbocycles. The van der Waals surface area contributed by atoms with Crippen LogP contribution in [0.25, 0.3) is 5.13 Å². The first-order valence-electron chi connectivity index (χ1n) is 3.49. The molecule has 14 heavy (non-hydrogen) atoms. The molecule has 2 rings (SSSR count). The lowest BCUT2D eigenvalue weighted by molar-refractivity contribution is 0.864. The van der Waals surface area contributed by atoms with Gasteiger partial charge in [0, 0.05) is 5.38 Å². The molecular formula is C6H4ClN5S2. The minimum Gasteiger partial charge on any atom is -0.387 e. The summed E-state index contributed by atoms with van der Waals surface area (Å²) in [5, 5.41) is 6.79. The molecule has 5 nitrogen and oxygen atoms in total. The highest BCUT2D eigenvalue weighted by Gasteiger charge is 2.07. The second-order valence-electron chi connectivity index (χ2n) is 2.33. The van der Waals surface area contributed by atoms with Gasteiger partial charge in [-0.25, -0.2) is 9.97 Å². The number of nitrogens with two attached hydrogens (primary N) is 1. The van der Waals surface area contributed by atoms with Crippen molar-refractivity contribution in [2.45, 2.75) is 0 Å². The Labute approximate surface area is 93.5 Å². The third kappa shape index (κ3) is 1.74. The molecule has 0 unspecified atom stereocenters. The normalized spacial score (nSPS) is 10.4. The van der Waals surface area contributed by atoms with Gasteiger partial charge in [0.05, 0.1) is 0 Å². The molecule has 0 atom stereocenters. The summed E-state index contributed by atoms with van der Waals surface area (Å²) >= 11 is 11.8. The van der Waals surface area contributed by atoms with Crippen molar-refractivity contribution in [2.75, 3.05) is 0 Å². The zero-order valence-corrected chi connectivity index (χ0v) is 9.10. The summed E-state index contributed by atoms with van der Waals surface area (Å²) in [7, 11) is 0.